The van der Waals surface area contributed by atoms with Crippen LogP contribution in [0.2, 0.25) is 0 Å². The molecule has 0 spiro atoms. The van der Waals surface area contributed by atoms with Crippen LogP contribution in [0.4, 0.5) is 0 Å². The fourth-order valence-corrected chi connectivity index (χ4v) is 3.17. The molecule has 0 saturated carbocycles. The van der Waals surface area contributed by atoms with E-state index >= 15 is 0 Å². The van der Waals surface area contributed by atoms with E-state index in [4.69, 9.17) is 23.7 Å². The first-order valence-electron chi connectivity index (χ1n) is 9.31. The smallest absolute Gasteiger partial charge is 0.231 e. The molecule has 6 nitrogen and oxygen atoms in total. The van der Waals surface area contributed by atoms with Crippen LogP contribution in [-0.4, -0.2) is 19.9 Å². The fraction of sp³-hybridized carbons (Fsp3) is 0.125. The summed E-state index contributed by atoms with van der Waals surface area (Å²) >= 11 is 0. The van der Waals surface area contributed by atoms with Crippen LogP contribution in [0, 0.1) is 11.8 Å². The van der Waals surface area contributed by atoms with E-state index in [1.165, 1.54) is 0 Å². The number of carbonyl (C=O) groups is 1. The number of hydrogen-bond donors (Lipinski definition) is 0. The molecule has 3 aromatic carbocycles. The Bertz CT molecular complexity index is 1170. The average Bonchev–Trinajstić information content (AvgIpc) is 3.44. The molecule has 0 amide bonds. The lowest BCUT2D eigenvalue weighted by Crippen LogP contribution is -1.97. The van der Waals surface area contributed by atoms with Gasteiger partial charge in [0.15, 0.2) is 29.3 Å². The van der Waals surface area contributed by atoms with Crippen LogP contribution in [0.3, 0.4) is 0 Å². The Labute approximate surface area is 172 Å². The van der Waals surface area contributed by atoms with Gasteiger partial charge in [-0.3, -0.25) is 4.79 Å². The molecule has 0 saturated heterocycles. The Hall–Kier alpha value is -4.11. The molecule has 148 valence electrons. The highest BCUT2D eigenvalue weighted by molar-refractivity contribution is 5.82. The third-order valence-corrected chi connectivity index (χ3v) is 4.72. The average molecular weight is 400 g/mol. The van der Waals surface area contributed by atoms with E-state index in [1.54, 1.807) is 24.3 Å². The highest BCUT2D eigenvalue weighted by Crippen LogP contribution is 2.38. The number of rotatable bonds is 4. The zero-order valence-corrected chi connectivity index (χ0v) is 15.8. The SMILES string of the molecule is O=Cc1cc2c(cc1C#Cc1cc3c(cc1OCc1ccccc1)OCO3)OCO2. The summed E-state index contributed by atoms with van der Waals surface area (Å²) in [7, 11) is 0. The zero-order valence-electron chi connectivity index (χ0n) is 15.8. The summed E-state index contributed by atoms with van der Waals surface area (Å²) in [5, 5.41) is 0. The van der Waals surface area contributed by atoms with E-state index in [9.17, 15) is 4.79 Å². The molecule has 2 aliphatic rings. The van der Waals surface area contributed by atoms with Gasteiger partial charge >= 0.3 is 0 Å². The van der Waals surface area contributed by atoms with Crippen LogP contribution < -0.4 is 23.7 Å². The molecule has 2 aliphatic heterocycles. The summed E-state index contributed by atoms with van der Waals surface area (Å²) in [6.07, 6.45) is 0.748. The van der Waals surface area contributed by atoms with Gasteiger partial charge in [0, 0.05) is 29.3 Å². The van der Waals surface area contributed by atoms with Gasteiger partial charge in [-0.15, -0.1) is 0 Å². The van der Waals surface area contributed by atoms with Gasteiger partial charge in [-0.25, -0.2) is 0 Å². The van der Waals surface area contributed by atoms with Crippen molar-refractivity contribution in [2.45, 2.75) is 6.61 Å². The molecule has 0 aliphatic carbocycles. The lowest BCUT2D eigenvalue weighted by molar-refractivity contribution is 0.112. The number of benzene rings is 3. The van der Waals surface area contributed by atoms with E-state index < -0.39 is 0 Å². The Morgan fingerprint density at radius 3 is 2.10 bits per heavy atom. The maximum atomic E-state index is 11.5. The molecule has 5 rings (SSSR count). The maximum Gasteiger partial charge on any atom is 0.231 e. The first kappa shape index (κ1) is 18.0. The van der Waals surface area contributed by atoms with Gasteiger partial charge in [-0.2, -0.15) is 0 Å². The quantitative estimate of drug-likeness (QED) is 0.488. The maximum absolute atomic E-state index is 11.5. The number of hydrogen-bond acceptors (Lipinski definition) is 6. The molecule has 0 unspecified atom stereocenters. The van der Waals surface area contributed by atoms with Crippen molar-refractivity contribution in [3.8, 4) is 40.6 Å². The standard InChI is InChI=1S/C24H16O6/c25-12-19-10-23-21(27-14-29-23)8-17(19)6-7-18-9-22-24(30-15-28-22)11-20(18)26-13-16-4-2-1-3-5-16/h1-5,8-12H,13-15H2. The summed E-state index contributed by atoms with van der Waals surface area (Å²) < 4.78 is 27.7. The van der Waals surface area contributed by atoms with Crippen LogP contribution in [0.15, 0.2) is 54.6 Å². The van der Waals surface area contributed by atoms with Crippen molar-refractivity contribution in [3.63, 3.8) is 0 Å². The highest BCUT2D eigenvalue weighted by atomic mass is 16.7. The minimum Gasteiger partial charge on any atom is -0.487 e. The minimum absolute atomic E-state index is 0.129. The van der Waals surface area contributed by atoms with Crippen LogP contribution in [0.5, 0.6) is 28.7 Å². The predicted molar refractivity (Wildman–Crippen MR) is 107 cm³/mol. The molecule has 0 bridgehead atoms. The number of fused-ring (bicyclic) bond motifs is 2. The Kier molecular flexibility index (Phi) is 4.62. The van der Waals surface area contributed by atoms with E-state index in [2.05, 4.69) is 11.8 Å². The van der Waals surface area contributed by atoms with Gasteiger partial charge in [0.2, 0.25) is 13.6 Å². The summed E-state index contributed by atoms with van der Waals surface area (Å²) in [6, 6.07) is 16.7. The largest absolute Gasteiger partial charge is 0.487 e. The summed E-state index contributed by atoms with van der Waals surface area (Å²) in [4.78, 5) is 11.5. The van der Waals surface area contributed by atoms with E-state index in [-0.39, 0.29) is 13.6 Å². The van der Waals surface area contributed by atoms with E-state index in [0.29, 0.717) is 52.0 Å². The first-order valence-corrected chi connectivity index (χ1v) is 9.31. The van der Waals surface area contributed by atoms with Gasteiger partial charge < -0.3 is 23.7 Å². The summed E-state index contributed by atoms with van der Waals surface area (Å²) in [5.41, 5.74) is 2.64. The van der Waals surface area contributed by atoms with Gasteiger partial charge in [-0.05, 0) is 11.6 Å². The zero-order chi connectivity index (χ0) is 20.3. The highest BCUT2D eigenvalue weighted by Gasteiger charge is 2.19. The van der Waals surface area contributed by atoms with Crippen molar-refractivity contribution >= 4 is 6.29 Å². The van der Waals surface area contributed by atoms with E-state index in [0.717, 1.165) is 11.8 Å². The monoisotopic (exact) mass is 400 g/mol. The normalized spacial score (nSPS) is 12.8. The molecule has 2 heterocycles. The number of aldehydes is 1. The topological polar surface area (TPSA) is 63.2 Å². The second-order valence-corrected chi connectivity index (χ2v) is 6.64. The number of ether oxygens (including phenoxy) is 5. The van der Waals surface area contributed by atoms with Crippen LogP contribution in [-0.2, 0) is 6.61 Å². The van der Waals surface area contributed by atoms with Crippen LogP contribution in [0.1, 0.15) is 27.0 Å². The third-order valence-electron chi connectivity index (χ3n) is 4.72. The second-order valence-electron chi connectivity index (χ2n) is 6.64. The Morgan fingerprint density at radius 2 is 1.40 bits per heavy atom. The van der Waals surface area contributed by atoms with Crippen molar-refractivity contribution in [2.75, 3.05) is 13.6 Å². The molecule has 6 heteroatoms. The molecule has 0 radical (unpaired) electrons. The van der Waals surface area contributed by atoms with Crippen molar-refractivity contribution in [3.05, 3.63) is 76.9 Å². The van der Waals surface area contributed by atoms with Gasteiger partial charge in [-0.1, -0.05) is 42.2 Å². The predicted octanol–water partition coefficient (Wildman–Crippen LogP) is 3.94. The molecular weight excluding hydrogens is 384 g/mol. The molecular formula is C24H16O6. The molecule has 3 aromatic rings. The van der Waals surface area contributed by atoms with Crippen molar-refractivity contribution in [2.24, 2.45) is 0 Å². The minimum atomic E-state index is 0.129. The van der Waals surface area contributed by atoms with E-state index in [1.807, 2.05) is 30.3 Å². The third kappa shape index (κ3) is 3.49. The van der Waals surface area contributed by atoms with Crippen molar-refractivity contribution in [1.29, 1.82) is 0 Å². The van der Waals surface area contributed by atoms with Crippen molar-refractivity contribution < 1.29 is 28.5 Å². The van der Waals surface area contributed by atoms with Gasteiger partial charge in [0.25, 0.3) is 0 Å². The first-order chi connectivity index (χ1) is 14.8. The lowest BCUT2D eigenvalue weighted by atomic mass is 10.1. The second kappa shape index (κ2) is 7.72. The Morgan fingerprint density at radius 1 is 0.800 bits per heavy atom. The number of carbonyl (C=O) groups excluding carboxylic acids is 1. The molecule has 0 fully saturated rings. The van der Waals surface area contributed by atoms with Crippen LogP contribution >= 0.6 is 0 Å². The summed E-state index contributed by atoms with van der Waals surface area (Å²) in [5.74, 6) is 9.04. The molecule has 0 aromatic heterocycles. The molecule has 0 N–H and O–H groups in total. The summed E-state index contributed by atoms with van der Waals surface area (Å²) in [6.45, 7) is 0.671. The lowest BCUT2D eigenvalue weighted by Gasteiger charge is -2.10. The Balaban J connectivity index is 1.50. The van der Waals surface area contributed by atoms with Crippen LogP contribution in [0.25, 0.3) is 0 Å². The van der Waals surface area contributed by atoms with Gasteiger partial charge in [0.1, 0.15) is 12.4 Å². The molecule has 30 heavy (non-hydrogen) atoms. The fourth-order valence-electron chi connectivity index (χ4n) is 3.17. The van der Waals surface area contributed by atoms with Gasteiger partial charge in [0.05, 0.1) is 5.56 Å². The molecule has 0 atom stereocenters. The van der Waals surface area contributed by atoms with Crippen molar-refractivity contribution in [1.82, 2.24) is 0 Å².